The Kier molecular flexibility index (Phi) is 6.35. The molecule has 2 aliphatic rings. The molecule has 1 aromatic carbocycles. The Morgan fingerprint density at radius 3 is 2.72 bits per heavy atom. The predicted octanol–water partition coefficient (Wildman–Crippen LogP) is 0.898. The number of aliphatic imine (C=N–C) groups is 1. The van der Waals surface area contributed by atoms with E-state index in [2.05, 4.69) is 22.4 Å². The molecule has 2 fully saturated rings. The third-order valence-corrected chi connectivity index (χ3v) is 5.75. The quantitative estimate of drug-likeness (QED) is 0.598. The maximum Gasteiger partial charge on any atom is 0.159 e. The van der Waals surface area contributed by atoms with Gasteiger partial charge < -0.3 is 25.4 Å². The van der Waals surface area contributed by atoms with E-state index in [4.69, 9.17) is 4.74 Å². The van der Waals surface area contributed by atoms with Gasteiger partial charge in [-0.25, -0.2) is 0 Å². The molecule has 4 N–H and O–H groups in total. The highest BCUT2D eigenvalue weighted by Gasteiger charge is 2.50. The van der Waals surface area contributed by atoms with Crippen LogP contribution >= 0.6 is 11.8 Å². The Morgan fingerprint density at radius 2 is 2.00 bits per heavy atom. The molecule has 1 aromatic rings. The Morgan fingerprint density at radius 1 is 1.24 bits per heavy atom. The smallest absolute Gasteiger partial charge is 0.159 e. The number of aliphatic hydroxyl groups is 3. The highest BCUT2D eigenvalue weighted by molar-refractivity contribution is 8.14. The average Bonchev–Trinajstić information content (AvgIpc) is 3.02. The molecule has 3 rings (SSSR count). The van der Waals surface area contributed by atoms with Crippen LogP contribution in [0.25, 0.3) is 0 Å². The first-order chi connectivity index (χ1) is 12.1. The van der Waals surface area contributed by atoms with Crippen LogP contribution in [0.5, 0.6) is 0 Å². The monoisotopic (exact) mass is 366 g/mol. The van der Waals surface area contributed by atoms with Crippen LogP contribution in [0.2, 0.25) is 0 Å². The molecule has 7 heteroatoms. The fourth-order valence-electron chi connectivity index (χ4n) is 3.30. The maximum absolute atomic E-state index is 10.5. The number of hydrogen-bond acceptors (Lipinski definition) is 6. The van der Waals surface area contributed by atoms with Crippen LogP contribution in [0.3, 0.4) is 0 Å². The summed E-state index contributed by atoms with van der Waals surface area (Å²) in [7, 11) is 0. The zero-order chi connectivity index (χ0) is 17.8. The van der Waals surface area contributed by atoms with E-state index in [0.717, 1.165) is 12.8 Å². The molecule has 6 atom stereocenters. The number of benzene rings is 1. The van der Waals surface area contributed by atoms with Gasteiger partial charge in [0.1, 0.15) is 23.7 Å². The molecule has 0 saturated carbocycles. The van der Waals surface area contributed by atoms with Crippen LogP contribution in [0, 0.1) is 0 Å². The van der Waals surface area contributed by atoms with Crippen molar-refractivity contribution >= 4 is 16.9 Å². The van der Waals surface area contributed by atoms with Gasteiger partial charge in [0.2, 0.25) is 0 Å². The number of aliphatic hydroxyl groups excluding tert-OH is 3. The zero-order valence-electron chi connectivity index (χ0n) is 14.3. The molecule has 2 heterocycles. The third kappa shape index (κ3) is 4.35. The first kappa shape index (κ1) is 18.7. The summed E-state index contributed by atoms with van der Waals surface area (Å²) in [6.07, 6.45) is -1.57. The minimum absolute atomic E-state index is 0.350. The third-order valence-electron chi connectivity index (χ3n) is 4.65. The number of rotatable bonds is 6. The fourth-order valence-corrected chi connectivity index (χ4v) is 4.49. The molecule has 0 spiro atoms. The number of thioether (sulfide) groups is 1. The molecule has 2 saturated heterocycles. The number of aryl methyl sites for hydroxylation is 1. The lowest BCUT2D eigenvalue weighted by Gasteiger charge is -2.40. The van der Waals surface area contributed by atoms with Gasteiger partial charge in [-0.1, -0.05) is 42.1 Å². The zero-order valence-corrected chi connectivity index (χ0v) is 15.1. The molecule has 6 unspecified atom stereocenters. The van der Waals surface area contributed by atoms with Crippen molar-refractivity contribution in [2.24, 2.45) is 4.99 Å². The van der Waals surface area contributed by atoms with Gasteiger partial charge in [-0.3, -0.25) is 4.99 Å². The largest absolute Gasteiger partial charge is 0.390 e. The summed E-state index contributed by atoms with van der Waals surface area (Å²) in [4.78, 5) is 4.29. The second-order valence-electron chi connectivity index (χ2n) is 6.46. The number of ether oxygens (including phenoxy) is 1. The van der Waals surface area contributed by atoms with Crippen LogP contribution in [0.1, 0.15) is 25.3 Å². The number of amidine groups is 1. The summed E-state index contributed by atoms with van der Waals surface area (Å²) in [5, 5.41) is 35.0. The van der Waals surface area contributed by atoms with Crippen LogP contribution in [0.4, 0.5) is 0 Å². The molecule has 138 valence electrons. The molecule has 6 nitrogen and oxygen atoms in total. The Bertz CT molecular complexity index is 586. The molecular formula is C18H26N2O4S. The average molecular weight is 366 g/mol. The molecule has 2 aliphatic heterocycles. The van der Waals surface area contributed by atoms with Crippen molar-refractivity contribution < 1.29 is 20.1 Å². The van der Waals surface area contributed by atoms with Crippen molar-refractivity contribution in [3.8, 4) is 0 Å². The van der Waals surface area contributed by atoms with Gasteiger partial charge in [-0.05, 0) is 31.7 Å². The Hall–Kier alpha value is -1.12. The topological polar surface area (TPSA) is 94.3 Å². The summed E-state index contributed by atoms with van der Waals surface area (Å²) < 4.78 is 5.89. The molecule has 0 aromatic heterocycles. The van der Waals surface area contributed by atoms with Crippen molar-refractivity contribution in [1.29, 1.82) is 0 Å². The summed E-state index contributed by atoms with van der Waals surface area (Å²) in [5.41, 5.74) is 0.869. The van der Waals surface area contributed by atoms with Gasteiger partial charge in [0, 0.05) is 6.54 Å². The molecule has 25 heavy (non-hydrogen) atoms. The lowest BCUT2D eigenvalue weighted by molar-refractivity contribution is -0.188. The standard InChI is InChI=1S/C18H26N2O4S/c1-2-19-18-20-13-14(22)15(23)16(24-17(13)25-18)12(21)10-6-9-11-7-4-3-5-8-11/h3-5,7-8,12-17,21-23H,2,6,9-10H2,1H3,(H,19,20). The van der Waals surface area contributed by atoms with E-state index in [-0.39, 0.29) is 5.44 Å². The lowest BCUT2D eigenvalue weighted by Crippen LogP contribution is -2.61. The van der Waals surface area contributed by atoms with E-state index in [0.29, 0.717) is 18.1 Å². The fraction of sp³-hybridized carbons (Fsp3) is 0.611. The molecule has 0 aliphatic carbocycles. The van der Waals surface area contributed by atoms with Crippen molar-refractivity contribution in [2.45, 2.75) is 62.1 Å². The van der Waals surface area contributed by atoms with Crippen molar-refractivity contribution in [1.82, 2.24) is 5.32 Å². The Balaban J connectivity index is 1.55. The highest BCUT2D eigenvalue weighted by atomic mass is 32.2. The second kappa shape index (κ2) is 8.51. The molecule has 0 radical (unpaired) electrons. The molecule has 0 amide bonds. The van der Waals surface area contributed by atoms with E-state index >= 15 is 0 Å². The Labute approximate surface area is 152 Å². The van der Waals surface area contributed by atoms with E-state index in [9.17, 15) is 15.3 Å². The second-order valence-corrected chi connectivity index (χ2v) is 7.55. The van der Waals surface area contributed by atoms with Crippen LogP contribution in [0.15, 0.2) is 35.3 Å². The van der Waals surface area contributed by atoms with E-state index < -0.39 is 30.5 Å². The SMILES string of the molecule is CCN=C1NC2C(OC(C(O)CCCc3ccccc3)C(O)C2O)S1. The maximum atomic E-state index is 10.5. The summed E-state index contributed by atoms with van der Waals surface area (Å²) in [5.74, 6) is 0. The van der Waals surface area contributed by atoms with E-state index in [1.807, 2.05) is 25.1 Å². The number of fused-ring (bicyclic) bond motifs is 1. The number of nitrogens with one attached hydrogen (secondary N) is 1. The first-order valence-corrected chi connectivity index (χ1v) is 9.69. The van der Waals surface area contributed by atoms with Crippen LogP contribution in [-0.2, 0) is 11.2 Å². The lowest BCUT2D eigenvalue weighted by atomic mass is 9.92. The van der Waals surface area contributed by atoms with Gasteiger partial charge in [0.05, 0.1) is 12.1 Å². The van der Waals surface area contributed by atoms with Crippen molar-refractivity contribution in [3.05, 3.63) is 35.9 Å². The van der Waals surface area contributed by atoms with Crippen molar-refractivity contribution in [2.75, 3.05) is 6.54 Å². The van der Waals surface area contributed by atoms with Gasteiger partial charge in [-0.15, -0.1) is 0 Å². The van der Waals surface area contributed by atoms with E-state index in [1.165, 1.54) is 17.3 Å². The number of hydrogen-bond donors (Lipinski definition) is 4. The van der Waals surface area contributed by atoms with Gasteiger partial charge in [0.15, 0.2) is 5.17 Å². The van der Waals surface area contributed by atoms with E-state index in [1.54, 1.807) is 0 Å². The first-order valence-electron chi connectivity index (χ1n) is 8.81. The number of nitrogens with zero attached hydrogens (tertiary/aromatic N) is 1. The van der Waals surface area contributed by atoms with Crippen LogP contribution < -0.4 is 5.32 Å². The summed E-state index contributed by atoms with van der Waals surface area (Å²) in [6, 6.07) is 9.68. The summed E-state index contributed by atoms with van der Waals surface area (Å²) in [6.45, 7) is 2.57. The van der Waals surface area contributed by atoms with Gasteiger partial charge in [0.25, 0.3) is 0 Å². The minimum Gasteiger partial charge on any atom is -0.390 e. The van der Waals surface area contributed by atoms with Gasteiger partial charge >= 0.3 is 0 Å². The predicted molar refractivity (Wildman–Crippen MR) is 98.6 cm³/mol. The van der Waals surface area contributed by atoms with Crippen molar-refractivity contribution in [3.63, 3.8) is 0 Å². The highest BCUT2D eigenvalue weighted by Crippen LogP contribution is 2.35. The normalized spacial score (nSPS) is 34.6. The van der Waals surface area contributed by atoms with Crippen LogP contribution in [-0.4, -0.2) is 62.9 Å². The molecule has 0 bridgehead atoms. The minimum atomic E-state index is -1.12. The van der Waals surface area contributed by atoms with Gasteiger partial charge in [-0.2, -0.15) is 0 Å². The summed E-state index contributed by atoms with van der Waals surface area (Å²) >= 11 is 1.40. The molecular weight excluding hydrogens is 340 g/mol.